The highest BCUT2D eigenvalue weighted by atomic mass is 19.1. The van der Waals surface area contributed by atoms with Gasteiger partial charge in [0.25, 0.3) is 5.91 Å². The minimum atomic E-state index is -1.00. The van der Waals surface area contributed by atoms with Crippen LogP contribution in [0.4, 0.5) is 15.0 Å². The Labute approximate surface area is 233 Å². The number of carbonyl (C=O) groups excluding carboxylic acids is 2. The molecule has 6 rings (SSSR count). The summed E-state index contributed by atoms with van der Waals surface area (Å²) in [5.74, 6) is 0.543. The van der Waals surface area contributed by atoms with Gasteiger partial charge in [0.2, 0.25) is 5.88 Å². The monoisotopic (exact) mass is 555 g/mol. The van der Waals surface area contributed by atoms with Crippen molar-refractivity contribution in [3.8, 4) is 5.88 Å². The molecule has 216 valence electrons. The second kappa shape index (κ2) is 9.90. The molecule has 0 radical (unpaired) electrons. The number of hydrogen-bond donors (Lipinski definition) is 2. The van der Waals surface area contributed by atoms with E-state index < -0.39 is 17.8 Å². The molecule has 0 aromatic carbocycles. The van der Waals surface area contributed by atoms with Gasteiger partial charge in [-0.05, 0) is 32.6 Å². The Morgan fingerprint density at radius 1 is 1.18 bits per heavy atom. The third-order valence-electron chi connectivity index (χ3n) is 8.69. The number of amides is 2. The predicted molar refractivity (Wildman–Crippen MR) is 146 cm³/mol. The third-order valence-corrected chi connectivity index (χ3v) is 8.69. The first-order valence-corrected chi connectivity index (χ1v) is 14.1. The first kappa shape index (κ1) is 26.8. The Bertz CT molecular complexity index is 1320. The van der Waals surface area contributed by atoms with E-state index in [4.69, 9.17) is 14.5 Å². The summed E-state index contributed by atoms with van der Waals surface area (Å²) in [5.41, 5.74) is 1.97. The highest BCUT2D eigenvalue weighted by Crippen LogP contribution is 2.47. The zero-order valence-corrected chi connectivity index (χ0v) is 23.5. The van der Waals surface area contributed by atoms with E-state index in [1.54, 1.807) is 4.90 Å². The fourth-order valence-electron chi connectivity index (χ4n) is 6.03. The number of ether oxygens (including phenoxy) is 2. The van der Waals surface area contributed by atoms with Crippen LogP contribution >= 0.6 is 0 Å². The summed E-state index contributed by atoms with van der Waals surface area (Å²) in [6.07, 6.45) is 3.12. The Morgan fingerprint density at radius 2 is 1.90 bits per heavy atom. The van der Waals surface area contributed by atoms with E-state index in [1.807, 2.05) is 16.8 Å². The van der Waals surface area contributed by atoms with Crippen molar-refractivity contribution >= 4 is 23.5 Å². The van der Waals surface area contributed by atoms with Gasteiger partial charge in [-0.1, -0.05) is 20.4 Å². The van der Waals surface area contributed by atoms with Gasteiger partial charge in [0.1, 0.15) is 18.0 Å². The van der Waals surface area contributed by atoms with Gasteiger partial charge in [-0.2, -0.15) is 14.6 Å². The number of anilines is 1. The molecule has 2 amide bonds. The molecule has 0 bridgehead atoms. The Hall–Kier alpha value is -3.41. The molecule has 2 aromatic rings. The minimum Gasteiger partial charge on any atom is -0.473 e. The standard InChI is InChI=1S/C28H38FN7O4/c1-15(2)19-10-31-36-22(8-23(33-25(19)36)39-17-6-7-28(4,5)30-9-17)32-24-20-13-35(14-21(20)24)27(38)40-18-11-34(12-18)26(37)16(3)29/h8,10,15,17-18,20-21,24,30,32H,3,6-7,9,11-14H2,1-2,4-5H3/t17-,20?,21?,24?/m1/s1. The third kappa shape index (κ3) is 5.09. The van der Waals surface area contributed by atoms with Gasteiger partial charge < -0.3 is 29.9 Å². The highest BCUT2D eigenvalue weighted by molar-refractivity contribution is 5.91. The fraction of sp³-hybridized carbons (Fsp3) is 0.643. The molecule has 2 N–H and O–H groups in total. The zero-order valence-electron chi connectivity index (χ0n) is 23.5. The molecule has 0 spiro atoms. The summed E-state index contributed by atoms with van der Waals surface area (Å²) in [7, 11) is 0. The molecule has 2 unspecified atom stereocenters. The maximum absolute atomic E-state index is 13.0. The average molecular weight is 556 g/mol. The fourth-order valence-corrected chi connectivity index (χ4v) is 6.03. The van der Waals surface area contributed by atoms with Crippen LogP contribution in [-0.4, -0.2) is 92.9 Å². The van der Waals surface area contributed by atoms with E-state index in [2.05, 4.69) is 50.0 Å². The maximum Gasteiger partial charge on any atom is 0.410 e. The summed E-state index contributed by atoms with van der Waals surface area (Å²) >= 11 is 0. The molecule has 11 nitrogen and oxygen atoms in total. The Morgan fingerprint density at radius 3 is 2.52 bits per heavy atom. The number of halogens is 1. The van der Waals surface area contributed by atoms with Crippen LogP contribution < -0.4 is 15.4 Å². The zero-order chi connectivity index (χ0) is 28.3. The summed E-state index contributed by atoms with van der Waals surface area (Å²) in [5, 5.41) is 11.8. The van der Waals surface area contributed by atoms with Crippen LogP contribution in [0.5, 0.6) is 5.88 Å². The van der Waals surface area contributed by atoms with Crippen LogP contribution in [-0.2, 0) is 9.53 Å². The molecular weight excluding hydrogens is 517 g/mol. The van der Waals surface area contributed by atoms with Crippen LogP contribution in [0.3, 0.4) is 0 Å². The summed E-state index contributed by atoms with van der Waals surface area (Å²) in [6, 6.07) is 2.14. The summed E-state index contributed by atoms with van der Waals surface area (Å²) < 4.78 is 26.7. The first-order valence-electron chi connectivity index (χ1n) is 14.1. The summed E-state index contributed by atoms with van der Waals surface area (Å²) in [6.45, 7) is 14.0. The van der Waals surface area contributed by atoms with Crippen molar-refractivity contribution in [2.45, 2.75) is 70.2 Å². The molecule has 3 aliphatic heterocycles. The molecule has 1 saturated carbocycles. The quantitative estimate of drug-likeness (QED) is 0.502. The van der Waals surface area contributed by atoms with E-state index in [0.29, 0.717) is 30.8 Å². The number of aromatic nitrogens is 3. The second-order valence-corrected chi connectivity index (χ2v) is 12.5. The van der Waals surface area contributed by atoms with E-state index in [9.17, 15) is 14.0 Å². The number of fused-ring (bicyclic) bond motifs is 2. The van der Waals surface area contributed by atoms with E-state index in [1.165, 1.54) is 4.90 Å². The molecule has 3 saturated heterocycles. The SMILES string of the molecule is C=C(F)C(=O)N1CC(OC(=O)N2CC3C(C2)C3Nc2cc(O[C@@H]3CCC(C)(C)NC3)nc3c(C(C)C)cnn23)C1. The van der Waals surface area contributed by atoms with Gasteiger partial charge in [-0.25, -0.2) is 9.18 Å². The molecule has 2 aromatic heterocycles. The van der Waals surface area contributed by atoms with Crippen LogP contribution in [0, 0.1) is 11.8 Å². The van der Waals surface area contributed by atoms with Crippen molar-refractivity contribution in [2.24, 2.45) is 11.8 Å². The Kier molecular flexibility index (Phi) is 6.63. The largest absolute Gasteiger partial charge is 0.473 e. The molecule has 4 aliphatic rings. The number of rotatable bonds is 7. The van der Waals surface area contributed by atoms with Gasteiger partial charge >= 0.3 is 6.09 Å². The lowest BCUT2D eigenvalue weighted by Crippen LogP contribution is -2.56. The van der Waals surface area contributed by atoms with Crippen LogP contribution in [0.1, 0.15) is 52.0 Å². The van der Waals surface area contributed by atoms with Crippen LogP contribution in [0.2, 0.25) is 0 Å². The lowest BCUT2D eigenvalue weighted by atomic mass is 9.92. The maximum atomic E-state index is 13.0. The first-order chi connectivity index (χ1) is 19.0. The molecule has 40 heavy (non-hydrogen) atoms. The molecule has 4 fully saturated rings. The topological polar surface area (TPSA) is 113 Å². The average Bonchev–Trinajstić information content (AvgIpc) is 3.22. The molecule has 5 heterocycles. The van der Waals surface area contributed by atoms with E-state index in [0.717, 1.165) is 36.4 Å². The van der Waals surface area contributed by atoms with Crippen molar-refractivity contribution in [1.29, 1.82) is 0 Å². The lowest BCUT2D eigenvalue weighted by Gasteiger charge is -2.38. The van der Waals surface area contributed by atoms with Crippen molar-refractivity contribution < 1.29 is 23.5 Å². The van der Waals surface area contributed by atoms with Gasteiger partial charge in [0, 0.05) is 54.7 Å². The van der Waals surface area contributed by atoms with Crippen molar-refractivity contribution in [3.05, 3.63) is 30.2 Å². The summed E-state index contributed by atoms with van der Waals surface area (Å²) in [4.78, 5) is 32.1. The van der Waals surface area contributed by atoms with Crippen molar-refractivity contribution in [1.82, 2.24) is 29.7 Å². The van der Waals surface area contributed by atoms with Gasteiger partial charge in [0.05, 0.1) is 19.3 Å². The number of nitrogens with zero attached hydrogens (tertiary/aromatic N) is 5. The number of piperidine rings is 2. The van der Waals surface area contributed by atoms with Crippen molar-refractivity contribution in [3.63, 3.8) is 0 Å². The van der Waals surface area contributed by atoms with Gasteiger partial charge in [-0.15, -0.1) is 0 Å². The second-order valence-electron chi connectivity index (χ2n) is 12.5. The predicted octanol–water partition coefficient (Wildman–Crippen LogP) is 2.93. The normalized spacial score (nSPS) is 27.4. The number of hydrogen-bond acceptors (Lipinski definition) is 8. The minimum absolute atomic E-state index is 0.0535. The molecule has 1 aliphatic carbocycles. The molecule has 12 heteroatoms. The molecular formula is C28H38FN7O4. The van der Waals surface area contributed by atoms with E-state index >= 15 is 0 Å². The van der Waals surface area contributed by atoms with Crippen LogP contribution in [0.25, 0.3) is 5.65 Å². The van der Waals surface area contributed by atoms with Gasteiger partial charge in [0.15, 0.2) is 11.5 Å². The molecule has 3 atom stereocenters. The van der Waals surface area contributed by atoms with E-state index in [-0.39, 0.29) is 42.8 Å². The number of likely N-dealkylation sites (tertiary alicyclic amines) is 2. The number of nitrogens with one attached hydrogen (secondary N) is 2. The highest BCUT2D eigenvalue weighted by Gasteiger charge is 2.57. The smallest absolute Gasteiger partial charge is 0.410 e. The van der Waals surface area contributed by atoms with Crippen LogP contribution in [0.15, 0.2) is 24.7 Å². The van der Waals surface area contributed by atoms with Crippen molar-refractivity contribution in [2.75, 3.05) is 38.0 Å². The number of carbonyl (C=O) groups is 2. The van der Waals surface area contributed by atoms with Gasteiger partial charge in [-0.3, -0.25) is 4.79 Å². The lowest BCUT2D eigenvalue weighted by molar-refractivity contribution is -0.139. The Balaban J connectivity index is 1.08.